The third kappa shape index (κ3) is 3.82. The van der Waals surface area contributed by atoms with Gasteiger partial charge in [-0.15, -0.1) is 11.6 Å². The van der Waals surface area contributed by atoms with Gasteiger partial charge in [-0.1, -0.05) is 30.3 Å². The van der Waals surface area contributed by atoms with Gasteiger partial charge >= 0.3 is 0 Å². The Kier molecular flexibility index (Phi) is 5.33. The van der Waals surface area contributed by atoms with Crippen molar-refractivity contribution >= 4 is 23.2 Å². The fourth-order valence-electron chi connectivity index (χ4n) is 1.53. The van der Waals surface area contributed by atoms with Gasteiger partial charge in [-0.25, -0.2) is 0 Å². The van der Waals surface area contributed by atoms with E-state index in [9.17, 15) is 0 Å². The van der Waals surface area contributed by atoms with Crippen LogP contribution < -0.4 is 0 Å². The molecule has 0 saturated heterocycles. The Labute approximate surface area is 108 Å². The molecule has 0 saturated carbocycles. The molecule has 1 aromatic rings. The van der Waals surface area contributed by atoms with Crippen molar-refractivity contribution in [3.8, 4) is 0 Å². The molecule has 0 heterocycles. The number of rotatable bonds is 5. The van der Waals surface area contributed by atoms with Crippen LogP contribution in [-0.4, -0.2) is 24.4 Å². The van der Waals surface area contributed by atoms with Crippen LogP contribution >= 0.6 is 23.2 Å². The molecule has 16 heavy (non-hydrogen) atoms. The van der Waals surface area contributed by atoms with Crippen LogP contribution in [0.1, 0.15) is 18.5 Å². The monoisotopic (exact) mass is 257 g/mol. The van der Waals surface area contributed by atoms with Crippen LogP contribution in [0.2, 0.25) is 5.02 Å². The number of likely N-dealkylation sites (N-methyl/N-ethyl adjacent to an activating group) is 1. The highest BCUT2D eigenvalue weighted by atomic mass is 35.5. The number of benzene rings is 1. The van der Waals surface area contributed by atoms with E-state index in [0.29, 0.717) is 11.9 Å². The van der Waals surface area contributed by atoms with E-state index in [1.165, 1.54) is 5.56 Å². The standard InChI is InChI=1S/C13H17Cl2N/c1-10(8-14)9-16(3)11(2)12-4-6-13(15)7-5-12/h4-7,11H,1,8-9H2,2-3H3. The van der Waals surface area contributed by atoms with E-state index in [4.69, 9.17) is 23.2 Å². The third-order valence-electron chi connectivity index (χ3n) is 2.68. The maximum Gasteiger partial charge on any atom is 0.0443 e. The molecule has 1 atom stereocenters. The molecule has 0 spiro atoms. The molecule has 1 unspecified atom stereocenters. The summed E-state index contributed by atoms with van der Waals surface area (Å²) in [6, 6.07) is 8.26. The third-order valence-corrected chi connectivity index (χ3v) is 3.31. The summed E-state index contributed by atoms with van der Waals surface area (Å²) >= 11 is 11.6. The van der Waals surface area contributed by atoms with Crippen molar-refractivity contribution in [1.29, 1.82) is 0 Å². The molecule has 0 aromatic heterocycles. The van der Waals surface area contributed by atoms with Gasteiger partial charge in [-0.05, 0) is 37.2 Å². The molecule has 0 radical (unpaired) electrons. The van der Waals surface area contributed by atoms with Crippen molar-refractivity contribution in [2.45, 2.75) is 13.0 Å². The van der Waals surface area contributed by atoms with Gasteiger partial charge in [-0.2, -0.15) is 0 Å². The number of hydrogen-bond acceptors (Lipinski definition) is 1. The van der Waals surface area contributed by atoms with Gasteiger partial charge < -0.3 is 0 Å². The molecular weight excluding hydrogens is 241 g/mol. The molecule has 1 rings (SSSR count). The Morgan fingerprint density at radius 3 is 2.44 bits per heavy atom. The number of hydrogen-bond donors (Lipinski definition) is 0. The summed E-state index contributed by atoms with van der Waals surface area (Å²) in [7, 11) is 2.07. The van der Waals surface area contributed by atoms with Crippen LogP contribution in [-0.2, 0) is 0 Å². The fraction of sp³-hybridized carbons (Fsp3) is 0.385. The summed E-state index contributed by atoms with van der Waals surface area (Å²) in [5.41, 5.74) is 2.28. The van der Waals surface area contributed by atoms with Crippen LogP contribution in [0.25, 0.3) is 0 Å². The summed E-state index contributed by atoms with van der Waals surface area (Å²) < 4.78 is 0. The highest BCUT2D eigenvalue weighted by Crippen LogP contribution is 2.21. The van der Waals surface area contributed by atoms with E-state index in [1.807, 2.05) is 24.3 Å². The highest BCUT2D eigenvalue weighted by molar-refractivity contribution is 6.30. The first-order chi connectivity index (χ1) is 7.54. The minimum atomic E-state index is 0.331. The molecule has 0 bridgehead atoms. The van der Waals surface area contributed by atoms with E-state index in [-0.39, 0.29) is 0 Å². The Bertz CT molecular complexity index is 345. The van der Waals surface area contributed by atoms with Gasteiger partial charge in [0, 0.05) is 23.5 Å². The summed E-state index contributed by atoms with van der Waals surface area (Å²) in [5.74, 6) is 0.512. The predicted molar refractivity (Wildman–Crippen MR) is 72.4 cm³/mol. The number of halogens is 2. The van der Waals surface area contributed by atoms with Crippen molar-refractivity contribution in [3.05, 3.63) is 47.0 Å². The van der Waals surface area contributed by atoms with Gasteiger partial charge in [0.2, 0.25) is 0 Å². The summed E-state index contributed by atoms with van der Waals surface area (Å²) in [6.07, 6.45) is 0. The molecule has 1 aromatic carbocycles. The van der Waals surface area contributed by atoms with Crippen molar-refractivity contribution in [1.82, 2.24) is 4.90 Å². The van der Waals surface area contributed by atoms with Crippen molar-refractivity contribution in [2.24, 2.45) is 0 Å². The second kappa shape index (κ2) is 6.29. The minimum absolute atomic E-state index is 0.331. The topological polar surface area (TPSA) is 3.24 Å². The molecule has 0 aliphatic carbocycles. The average Bonchev–Trinajstić information content (AvgIpc) is 2.28. The Morgan fingerprint density at radius 1 is 1.38 bits per heavy atom. The van der Waals surface area contributed by atoms with Crippen molar-refractivity contribution in [2.75, 3.05) is 19.5 Å². The average molecular weight is 258 g/mol. The Morgan fingerprint density at radius 2 is 1.94 bits per heavy atom. The molecule has 0 aliphatic heterocycles. The lowest BCUT2D eigenvalue weighted by atomic mass is 10.1. The molecule has 0 N–H and O–H groups in total. The van der Waals surface area contributed by atoms with Crippen LogP contribution in [0.5, 0.6) is 0 Å². The minimum Gasteiger partial charge on any atom is -0.296 e. The van der Waals surface area contributed by atoms with E-state index in [2.05, 4.69) is 25.5 Å². The first-order valence-electron chi connectivity index (χ1n) is 5.23. The van der Waals surface area contributed by atoms with Crippen LogP contribution in [0.4, 0.5) is 0 Å². The quantitative estimate of drug-likeness (QED) is 0.567. The zero-order valence-electron chi connectivity index (χ0n) is 9.71. The largest absolute Gasteiger partial charge is 0.296 e. The molecule has 0 fully saturated rings. The molecule has 1 nitrogen and oxygen atoms in total. The SMILES string of the molecule is C=C(CCl)CN(C)C(C)c1ccc(Cl)cc1. The van der Waals surface area contributed by atoms with Gasteiger partial charge in [0.15, 0.2) is 0 Å². The zero-order valence-corrected chi connectivity index (χ0v) is 11.2. The lowest BCUT2D eigenvalue weighted by Crippen LogP contribution is -2.24. The van der Waals surface area contributed by atoms with E-state index >= 15 is 0 Å². The maximum atomic E-state index is 5.86. The Hall–Kier alpha value is -0.500. The second-order valence-corrected chi connectivity index (χ2v) is 4.73. The van der Waals surface area contributed by atoms with Crippen LogP contribution in [0.3, 0.4) is 0 Å². The highest BCUT2D eigenvalue weighted by Gasteiger charge is 2.11. The van der Waals surface area contributed by atoms with Crippen molar-refractivity contribution < 1.29 is 0 Å². The summed E-state index contributed by atoms with van der Waals surface area (Å²) in [6.45, 7) is 6.88. The lowest BCUT2D eigenvalue weighted by molar-refractivity contribution is 0.284. The van der Waals surface area contributed by atoms with Gasteiger partial charge in [0.25, 0.3) is 0 Å². The molecule has 0 aliphatic rings. The lowest BCUT2D eigenvalue weighted by Gasteiger charge is -2.25. The Balaban J connectivity index is 2.66. The molecule has 3 heteroatoms. The van der Waals surface area contributed by atoms with Gasteiger partial charge in [0.1, 0.15) is 0 Å². The first-order valence-corrected chi connectivity index (χ1v) is 6.14. The van der Waals surface area contributed by atoms with Crippen molar-refractivity contribution in [3.63, 3.8) is 0 Å². The van der Waals surface area contributed by atoms with Gasteiger partial charge in [-0.3, -0.25) is 4.90 Å². The second-order valence-electron chi connectivity index (χ2n) is 4.03. The normalized spacial score (nSPS) is 12.8. The first kappa shape index (κ1) is 13.6. The van der Waals surface area contributed by atoms with E-state index < -0.39 is 0 Å². The molecule has 88 valence electrons. The van der Waals surface area contributed by atoms with Crippen LogP contribution in [0, 0.1) is 0 Å². The number of alkyl halides is 1. The summed E-state index contributed by atoms with van der Waals surface area (Å²) in [5, 5.41) is 0.767. The maximum absolute atomic E-state index is 5.86. The van der Waals surface area contributed by atoms with E-state index in [1.54, 1.807) is 0 Å². The zero-order chi connectivity index (χ0) is 12.1. The summed E-state index contributed by atoms with van der Waals surface area (Å²) in [4.78, 5) is 2.22. The van der Waals surface area contributed by atoms with Crippen LogP contribution in [0.15, 0.2) is 36.4 Å². The van der Waals surface area contributed by atoms with Gasteiger partial charge in [0.05, 0.1) is 0 Å². The predicted octanol–water partition coefficient (Wildman–Crippen LogP) is 4.13. The number of nitrogens with zero attached hydrogens (tertiary/aromatic N) is 1. The molecular formula is C13H17Cl2N. The van der Waals surface area contributed by atoms with E-state index in [0.717, 1.165) is 17.1 Å². The smallest absolute Gasteiger partial charge is 0.0443 e. The fourth-order valence-corrected chi connectivity index (χ4v) is 1.74. The molecule has 0 amide bonds.